The zero-order chi connectivity index (χ0) is 14.4. The summed E-state index contributed by atoms with van der Waals surface area (Å²) in [6.45, 7) is 1.34. The van der Waals surface area contributed by atoms with Gasteiger partial charge >= 0.3 is 5.97 Å². The largest absolute Gasteiger partial charge is 0.493 e. The van der Waals surface area contributed by atoms with E-state index in [1.54, 1.807) is 25.3 Å². The molecule has 5 nitrogen and oxygen atoms in total. The van der Waals surface area contributed by atoms with Gasteiger partial charge in [0, 0.05) is 12.7 Å². The van der Waals surface area contributed by atoms with Gasteiger partial charge in [0.15, 0.2) is 11.5 Å². The maximum Gasteiger partial charge on any atom is 0.328 e. The van der Waals surface area contributed by atoms with Gasteiger partial charge in [-0.05, 0) is 36.6 Å². The molecule has 2 rings (SSSR count). The topological polar surface area (TPSA) is 65.0 Å². The van der Waals surface area contributed by atoms with E-state index in [9.17, 15) is 4.79 Å². The van der Waals surface area contributed by atoms with Crippen molar-refractivity contribution >= 4 is 12.0 Å². The summed E-state index contributed by atoms with van der Waals surface area (Å²) in [5.74, 6) is 0.252. The Bertz CT molecular complexity index is 489. The molecule has 0 bridgehead atoms. The van der Waals surface area contributed by atoms with Crippen molar-refractivity contribution in [2.24, 2.45) is 0 Å². The van der Waals surface area contributed by atoms with Crippen molar-refractivity contribution in [1.29, 1.82) is 0 Å². The molecule has 1 atom stereocenters. The van der Waals surface area contributed by atoms with Crippen molar-refractivity contribution in [1.82, 2.24) is 0 Å². The third-order valence-electron chi connectivity index (χ3n) is 3.02. The highest BCUT2D eigenvalue weighted by atomic mass is 16.5. The van der Waals surface area contributed by atoms with Gasteiger partial charge < -0.3 is 19.3 Å². The second-order valence-corrected chi connectivity index (χ2v) is 4.54. The summed E-state index contributed by atoms with van der Waals surface area (Å²) < 4.78 is 16.5. The quantitative estimate of drug-likeness (QED) is 0.837. The highest BCUT2D eigenvalue weighted by molar-refractivity contribution is 5.85. The summed E-state index contributed by atoms with van der Waals surface area (Å²) in [6.07, 6.45) is 4.54. The predicted molar refractivity (Wildman–Crippen MR) is 74.1 cm³/mol. The third kappa shape index (κ3) is 3.99. The summed E-state index contributed by atoms with van der Waals surface area (Å²) in [6, 6.07) is 5.32. The maximum atomic E-state index is 10.5. The van der Waals surface area contributed by atoms with E-state index in [1.165, 1.54) is 6.08 Å². The highest BCUT2D eigenvalue weighted by Gasteiger charge is 2.17. The lowest BCUT2D eigenvalue weighted by Gasteiger charge is -2.24. The number of methoxy groups -OCH3 is 1. The van der Waals surface area contributed by atoms with E-state index in [2.05, 4.69) is 0 Å². The Labute approximate surface area is 117 Å². The Hall–Kier alpha value is -2.01. The van der Waals surface area contributed by atoms with Crippen molar-refractivity contribution in [3.8, 4) is 11.5 Å². The Kier molecular flexibility index (Phi) is 5.01. The van der Waals surface area contributed by atoms with E-state index in [1.807, 2.05) is 0 Å². The normalized spacial score (nSPS) is 18.9. The zero-order valence-corrected chi connectivity index (χ0v) is 11.4. The van der Waals surface area contributed by atoms with Crippen LogP contribution in [-0.2, 0) is 9.53 Å². The van der Waals surface area contributed by atoms with Gasteiger partial charge in [0.2, 0.25) is 0 Å². The smallest absolute Gasteiger partial charge is 0.328 e. The standard InChI is InChI=1S/C15H18O5/c1-18-13-6-4-11(5-7-15(16)17)9-14(13)20-12-3-2-8-19-10-12/h4-7,9,12H,2-3,8,10H2,1H3,(H,16,17)/b7-5+. The monoisotopic (exact) mass is 278 g/mol. The summed E-state index contributed by atoms with van der Waals surface area (Å²) in [4.78, 5) is 10.5. The summed E-state index contributed by atoms with van der Waals surface area (Å²) in [7, 11) is 1.58. The lowest BCUT2D eigenvalue weighted by Crippen LogP contribution is -2.28. The molecule has 0 amide bonds. The number of benzene rings is 1. The second-order valence-electron chi connectivity index (χ2n) is 4.54. The van der Waals surface area contributed by atoms with E-state index in [4.69, 9.17) is 19.3 Å². The van der Waals surface area contributed by atoms with Crippen LogP contribution in [0.2, 0.25) is 0 Å². The lowest BCUT2D eigenvalue weighted by molar-refractivity contribution is -0.131. The van der Waals surface area contributed by atoms with Crippen molar-refractivity contribution < 1.29 is 24.1 Å². The number of hydrogen-bond donors (Lipinski definition) is 1. The molecule has 1 aromatic rings. The van der Waals surface area contributed by atoms with Gasteiger partial charge in [0.05, 0.1) is 13.7 Å². The van der Waals surface area contributed by atoms with Crippen molar-refractivity contribution in [2.45, 2.75) is 18.9 Å². The van der Waals surface area contributed by atoms with E-state index in [-0.39, 0.29) is 6.10 Å². The predicted octanol–water partition coefficient (Wildman–Crippen LogP) is 2.35. The molecule has 1 fully saturated rings. The first-order chi connectivity index (χ1) is 9.69. The van der Waals surface area contributed by atoms with Crippen LogP contribution in [-0.4, -0.2) is 37.5 Å². The molecule has 1 aliphatic heterocycles. The van der Waals surface area contributed by atoms with Gasteiger partial charge in [0.1, 0.15) is 6.10 Å². The SMILES string of the molecule is COc1ccc(/C=C/C(=O)O)cc1OC1CCCOC1. The van der Waals surface area contributed by atoms with Crippen LogP contribution in [0, 0.1) is 0 Å². The zero-order valence-electron chi connectivity index (χ0n) is 11.4. The first-order valence-electron chi connectivity index (χ1n) is 6.52. The Balaban J connectivity index is 2.15. The molecule has 0 saturated carbocycles. The molecule has 1 saturated heterocycles. The number of aliphatic carboxylic acids is 1. The first-order valence-corrected chi connectivity index (χ1v) is 6.52. The van der Waals surface area contributed by atoms with Gasteiger partial charge in [-0.3, -0.25) is 0 Å². The van der Waals surface area contributed by atoms with Gasteiger partial charge in [-0.1, -0.05) is 6.07 Å². The average molecular weight is 278 g/mol. The van der Waals surface area contributed by atoms with Crippen molar-refractivity contribution in [2.75, 3.05) is 20.3 Å². The van der Waals surface area contributed by atoms with E-state index >= 15 is 0 Å². The van der Waals surface area contributed by atoms with Crippen LogP contribution in [0.5, 0.6) is 11.5 Å². The minimum absolute atomic E-state index is 0.0105. The van der Waals surface area contributed by atoms with Crippen molar-refractivity contribution in [3.05, 3.63) is 29.8 Å². The number of ether oxygens (including phenoxy) is 3. The van der Waals surface area contributed by atoms with Crippen LogP contribution in [0.25, 0.3) is 6.08 Å². The molecule has 0 spiro atoms. The van der Waals surface area contributed by atoms with Gasteiger partial charge in [-0.25, -0.2) is 4.79 Å². The summed E-state index contributed by atoms with van der Waals surface area (Å²) >= 11 is 0. The fourth-order valence-corrected chi connectivity index (χ4v) is 2.04. The van der Waals surface area contributed by atoms with Crippen LogP contribution >= 0.6 is 0 Å². The second kappa shape index (κ2) is 6.96. The van der Waals surface area contributed by atoms with Gasteiger partial charge in [-0.2, -0.15) is 0 Å². The molecule has 20 heavy (non-hydrogen) atoms. The number of rotatable bonds is 5. The minimum atomic E-state index is -0.982. The average Bonchev–Trinajstić information content (AvgIpc) is 2.46. The molecule has 5 heteroatoms. The fourth-order valence-electron chi connectivity index (χ4n) is 2.04. The van der Waals surface area contributed by atoms with Crippen LogP contribution in [0.3, 0.4) is 0 Å². The lowest BCUT2D eigenvalue weighted by atomic mass is 10.1. The minimum Gasteiger partial charge on any atom is -0.493 e. The molecule has 1 heterocycles. The van der Waals surface area contributed by atoms with Crippen LogP contribution in [0.4, 0.5) is 0 Å². The third-order valence-corrected chi connectivity index (χ3v) is 3.02. The first kappa shape index (κ1) is 14.4. The number of carboxylic acids is 1. The molecule has 0 aliphatic carbocycles. The van der Waals surface area contributed by atoms with Crippen LogP contribution in [0.15, 0.2) is 24.3 Å². The van der Waals surface area contributed by atoms with E-state index in [0.29, 0.717) is 18.1 Å². The van der Waals surface area contributed by atoms with Crippen molar-refractivity contribution in [3.63, 3.8) is 0 Å². The number of carboxylic acid groups (broad SMARTS) is 1. The fraction of sp³-hybridized carbons (Fsp3) is 0.400. The van der Waals surface area contributed by atoms with Crippen LogP contribution in [0.1, 0.15) is 18.4 Å². The Morgan fingerprint density at radius 2 is 2.30 bits per heavy atom. The van der Waals surface area contributed by atoms with Crippen LogP contribution < -0.4 is 9.47 Å². The molecular formula is C15H18O5. The number of carbonyl (C=O) groups is 1. The molecule has 1 N–H and O–H groups in total. The van der Waals surface area contributed by atoms with E-state index in [0.717, 1.165) is 31.1 Å². The molecule has 1 aliphatic rings. The molecule has 1 unspecified atom stereocenters. The molecular weight excluding hydrogens is 260 g/mol. The highest BCUT2D eigenvalue weighted by Crippen LogP contribution is 2.30. The molecule has 108 valence electrons. The molecule has 1 aromatic carbocycles. The summed E-state index contributed by atoms with van der Waals surface area (Å²) in [5, 5.41) is 8.65. The maximum absolute atomic E-state index is 10.5. The Morgan fingerprint density at radius 3 is 2.95 bits per heavy atom. The van der Waals surface area contributed by atoms with Gasteiger partial charge in [-0.15, -0.1) is 0 Å². The molecule has 0 aromatic heterocycles. The van der Waals surface area contributed by atoms with Gasteiger partial charge in [0.25, 0.3) is 0 Å². The van der Waals surface area contributed by atoms with E-state index < -0.39 is 5.97 Å². The number of hydrogen-bond acceptors (Lipinski definition) is 4. The molecule has 0 radical (unpaired) electrons. The Morgan fingerprint density at radius 1 is 1.45 bits per heavy atom. The summed E-state index contributed by atoms with van der Waals surface area (Å²) in [5.41, 5.74) is 0.750.